The Bertz CT molecular complexity index is 1960. The number of benzene rings is 3. The van der Waals surface area contributed by atoms with E-state index in [1.165, 1.54) is 52.1 Å². The number of amides is 1. The lowest BCUT2D eigenvalue weighted by atomic mass is 10.0. The zero-order chi connectivity index (χ0) is 32.9. The van der Waals surface area contributed by atoms with E-state index in [1.54, 1.807) is 30.7 Å². The molecule has 0 aliphatic carbocycles. The Morgan fingerprint density at radius 3 is 2.19 bits per heavy atom. The van der Waals surface area contributed by atoms with Crippen molar-refractivity contribution in [3.8, 4) is 5.69 Å². The fraction of sp³-hybridized carbons (Fsp3) is 0.194. The zero-order valence-electron chi connectivity index (χ0n) is 25.4. The normalized spacial score (nSPS) is 13.1. The average molecular weight is 636 g/mol. The first-order chi connectivity index (χ1) is 22.7. The summed E-state index contributed by atoms with van der Waals surface area (Å²) >= 11 is 0. The highest BCUT2D eigenvalue weighted by Crippen LogP contribution is 2.20. The van der Waals surface area contributed by atoms with Gasteiger partial charge >= 0.3 is 0 Å². The molecule has 0 N–H and O–H groups in total. The molecule has 1 aliphatic heterocycles. The average Bonchev–Trinajstić information content (AvgIpc) is 3.63. The Balaban J connectivity index is 1.14. The van der Waals surface area contributed by atoms with E-state index in [9.17, 15) is 28.0 Å². The summed E-state index contributed by atoms with van der Waals surface area (Å²) in [6.45, 7) is 1.45. The summed E-state index contributed by atoms with van der Waals surface area (Å²) in [4.78, 5) is 60.6. The van der Waals surface area contributed by atoms with Gasteiger partial charge in [0.15, 0.2) is 5.78 Å². The van der Waals surface area contributed by atoms with Gasteiger partial charge in [-0.15, -0.1) is 0 Å². The van der Waals surface area contributed by atoms with Crippen LogP contribution in [0.3, 0.4) is 0 Å². The van der Waals surface area contributed by atoms with Gasteiger partial charge in [0.1, 0.15) is 11.6 Å². The van der Waals surface area contributed by atoms with Crippen molar-refractivity contribution in [2.45, 2.75) is 19.4 Å². The van der Waals surface area contributed by atoms with Gasteiger partial charge in [-0.3, -0.25) is 19.2 Å². The molecule has 0 saturated carbocycles. The van der Waals surface area contributed by atoms with Gasteiger partial charge in [-0.25, -0.2) is 13.8 Å². The molecule has 1 aliphatic rings. The smallest absolute Gasteiger partial charge is 0.290 e. The van der Waals surface area contributed by atoms with Crippen LogP contribution < -0.4 is 10.5 Å². The molecular weight excluding hydrogens is 604 g/mol. The SMILES string of the molecule is O=C(CC(=O)c1cc(Cc2ccc(F)cc2)cn(Cc2ccccc2F)c1=O)C(=O)N1CCN(c2ccc(-n3ccnc3)cc2)CC1. The Kier molecular flexibility index (Phi) is 9.14. The number of hydrogen-bond donors (Lipinski definition) is 0. The number of carbonyl (C=O) groups excluding carboxylic acids is 3. The van der Waals surface area contributed by atoms with Crippen LogP contribution in [0.1, 0.15) is 33.5 Å². The molecule has 2 aromatic heterocycles. The molecule has 0 bridgehead atoms. The second-order valence-corrected chi connectivity index (χ2v) is 11.4. The molecule has 1 saturated heterocycles. The molecule has 3 heterocycles. The lowest BCUT2D eigenvalue weighted by molar-refractivity contribution is -0.144. The summed E-state index contributed by atoms with van der Waals surface area (Å²) in [7, 11) is 0. The van der Waals surface area contributed by atoms with Crippen LogP contribution in [0.2, 0.25) is 0 Å². The second kappa shape index (κ2) is 13.7. The lowest BCUT2D eigenvalue weighted by Crippen LogP contribution is -2.51. The fourth-order valence-electron chi connectivity index (χ4n) is 5.67. The summed E-state index contributed by atoms with van der Waals surface area (Å²) in [5, 5.41) is 0. The molecule has 1 amide bonds. The first-order valence-corrected chi connectivity index (χ1v) is 15.1. The van der Waals surface area contributed by atoms with E-state index in [4.69, 9.17) is 0 Å². The zero-order valence-corrected chi connectivity index (χ0v) is 25.4. The van der Waals surface area contributed by atoms with Gasteiger partial charge in [-0.05, 0) is 66.1 Å². The molecule has 3 aromatic carbocycles. The van der Waals surface area contributed by atoms with Crippen molar-refractivity contribution in [2.24, 2.45) is 0 Å². The highest BCUT2D eigenvalue weighted by atomic mass is 19.1. The highest BCUT2D eigenvalue weighted by molar-refractivity contribution is 6.40. The van der Waals surface area contributed by atoms with Crippen LogP contribution in [0.5, 0.6) is 0 Å². The number of aromatic nitrogens is 3. The molecule has 0 unspecified atom stereocenters. The van der Waals surface area contributed by atoms with Gasteiger partial charge in [-0.1, -0.05) is 30.3 Å². The Labute approximate surface area is 269 Å². The van der Waals surface area contributed by atoms with Gasteiger partial charge in [0.2, 0.25) is 5.78 Å². The Morgan fingerprint density at radius 2 is 1.51 bits per heavy atom. The van der Waals surface area contributed by atoms with Gasteiger partial charge < -0.3 is 18.9 Å². The maximum absolute atomic E-state index is 14.5. The largest absolute Gasteiger partial charge is 0.368 e. The van der Waals surface area contributed by atoms with Crippen molar-refractivity contribution >= 4 is 23.2 Å². The monoisotopic (exact) mass is 635 g/mol. The third-order valence-corrected chi connectivity index (χ3v) is 8.21. The first-order valence-electron chi connectivity index (χ1n) is 15.1. The number of nitrogens with zero attached hydrogens (tertiary/aromatic N) is 5. The summed E-state index contributed by atoms with van der Waals surface area (Å²) in [6, 6.07) is 21.1. The van der Waals surface area contributed by atoms with E-state index in [2.05, 4.69) is 9.88 Å². The van der Waals surface area contributed by atoms with Crippen molar-refractivity contribution < 1.29 is 23.2 Å². The fourth-order valence-corrected chi connectivity index (χ4v) is 5.67. The van der Waals surface area contributed by atoms with Crippen LogP contribution in [0, 0.1) is 11.6 Å². The molecule has 0 radical (unpaired) electrons. The van der Waals surface area contributed by atoms with Crippen molar-refractivity contribution in [2.75, 3.05) is 31.1 Å². The molecule has 5 aromatic rings. The Morgan fingerprint density at radius 1 is 0.809 bits per heavy atom. The second-order valence-electron chi connectivity index (χ2n) is 11.4. The summed E-state index contributed by atoms with van der Waals surface area (Å²) < 4.78 is 31.1. The molecule has 1 fully saturated rings. The standard InChI is InChI=1S/C36H31F2N5O4/c37-28-7-5-25(6-8-28)19-26-20-31(35(46)43(22-26)23-27-3-1-2-4-32(27)38)33(44)21-34(45)36(47)41-17-15-40(16-18-41)29-9-11-30(12-10-29)42-14-13-39-24-42/h1-14,20,22,24H,15-19,21,23H2. The lowest BCUT2D eigenvalue weighted by Gasteiger charge is -2.35. The van der Waals surface area contributed by atoms with Gasteiger partial charge in [0.05, 0.1) is 24.9 Å². The maximum Gasteiger partial charge on any atom is 0.290 e. The maximum atomic E-state index is 14.5. The molecule has 0 atom stereocenters. The van der Waals surface area contributed by atoms with Crippen LogP contribution in [0.4, 0.5) is 14.5 Å². The molecule has 9 nitrogen and oxygen atoms in total. The quantitative estimate of drug-likeness (QED) is 0.128. The van der Waals surface area contributed by atoms with Gasteiger partial charge in [0.25, 0.3) is 11.5 Å². The minimum Gasteiger partial charge on any atom is -0.368 e. The number of imidazole rings is 1. The van der Waals surface area contributed by atoms with E-state index in [-0.39, 0.29) is 24.1 Å². The van der Waals surface area contributed by atoms with Crippen LogP contribution in [-0.4, -0.2) is 62.7 Å². The van der Waals surface area contributed by atoms with Gasteiger partial charge in [0, 0.05) is 61.7 Å². The minimum atomic E-state index is -0.905. The van der Waals surface area contributed by atoms with Crippen molar-refractivity contribution in [3.05, 3.63) is 148 Å². The van der Waals surface area contributed by atoms with E-state index in [0.717, 1.165) is 16.9 Å². The topological polar surface area (TPSA) is 97.5 Å². The summed E-state index contributed by atoms with van der Waals surface area (Å²) in [6.07, 6.45) is 6.27. The van der Waals surface area contributed by atoms with E-state index in [1.807, 2.05) is 35.0 Å². The number of Topliss-reactive ketones (excluding diaryl/α,β-unsaturated/α-hetero) is 2. The van der Waals surface area contributed by atoms with Crippen molar-refractivity contribution in [1.29, 1.82) is 0 Å². The number of ketones is 2. The molecule has 0 spiro atoms. The van der Waals surface area contributed by atoms with Crippen LogP contribution in [0.15, 0.2) is 109 Å². The van der Waals surface area contributed by atoms with Gasteiger partial charge in [-0.2, -0.15) is 0 Å². The number of halogens is 2. The van der Waals surface area contributed by atoms with Crippen molar-refractivity contribution in [3.63, 3.8) is 0 Å². The molecule has 11 heteroatoms. The number of carbonyl (C=O) groups is 3. The highest BCUT2D eigenvalue weighted by Gasteiger charge is 2.29. The van der Waals surface area contributed by atoms with Crippen LogP contribution in [-0.2, 0) is 22.6 Å². The van der Waals surface area contributed by atoms with E-state index >= 15 is 0 Å². The number of hydrogen-bond acceptors (Lipinski definition) is 6. The molecular formula is C36H31F2N5O4. The summed E-state index contributed by atoms with van der Waals surface area (Å²) in [5.41, 5.74) is 2.47. The Hall–Kier alpha value is -5.71. The number of anilines is 1. The summed E-state index contributed by atoms with van der Waals surface area (Å²) in [5.74, 6) is -3.39. The minimum absolute atomic E-state index is 0.146. The number of pyridine rings is 1. The third kappa shape index (κ3) is 7.25. The van der Waals surface area contributed by atoms with Crippen LogP contribution in [0.25, 0.3) is 5.69 Å². The predicted molar refractivity (Wildman–Crippen MR) is 172 cm³/mol. The number of rotatable bonds is 10. The van der Waals surface area contributed by atoms with E-state index in [0.29, 0.717) is 31.7 Å². The third-order valence-electron chi connectivity index (χ3n) is 8.21. The molecule has 47 heavy (non-hydrogen) atoms. The first kappa shape index (κ1) is 31.3. The van der Waals surface area contributed by atoms with Crippen molar-refractivity contribution in [1.82, 2.24) is 19.0 Å². The molecule has 6 rings (SSSR count). The number of piperazine rings is 1. The van der Waals surface area contributed by atoms with Crippen LogP contribution >= 0.6 is 0 Å². The molecule has 238 valence electrons. The van der Waals surface area contributed by atoms with E-state index < -0.39 is 41.1 Å². The predicted octanol–water partition coefficient (Wildman–Crippen LogP) is 4.44.